The Labute approximate surface area is 99.6 Å². The Morgan fingerprint density at radius 1 is 1.18 bits per heavy atom. The van der Waals surface area contributed by atoms with Crippen LogP contribution < -0.4 is 5.32 Å². The molecule has 4 heteroatoms. The van der Waals surface area contributed by atoms with Gasteiger partial charge in [-0.25, -0.2) is 8.78 Å². The first kappa shape index (κ1) is 13.6. The van der Waals surface area contributed by atoms with E-state index in [4.69, 9.17) is 4.42 Å². The molecule has 0 saturated carbocycles. The third kappa shape index (κ3) is 3.03. The van der Waals surface area contributed by atoms with E-state index in [1.54, 1.807) is 7.05 Å². The van der Waals surface area contributed by atoms with Crippen LogP contribution in [0.15, 0.2) is 22.8 Å². The number of likely N-dealkylation sites (N-methyl/N-ethyl adjacent to an activating group) is 1. The lowest BCUT2D eigenvalue weighted by Crippen LogP contribution is -2.11. The van der Waals surface area contributed by atoms with Crippen LogP contribution in [0.25, 0.3) is 11.0 Å². The van der Waals surface area contributed by atoms with Crippen LogP contribution in [0.1, 0.15) is 19.4 Å². The summed E-state index contributed by atoms with van der Waals surface area (Å²) in [7, 11) is 1.79. The smallest absolute Gasteiger partial charge is 0.169 e. The first-order valence-electron chi connectivity index (χ1n) is 5.72. The van der Waals surface area contributed by atoms with Crippen LogP contribution in [0.4, 0.5) is 8.78 Å². The van der Waals surface area contributed by atoms with E-state index < -0.39 is 5.82 Å². The fraction of sp³-hybridized carbons (Fsp3) is 0.385. The molecule has 0 unspecified atom stereocenters. The summed E-state index contributed by atoms with van der Waals surface area (Å²) in [6.45, 7) is 4.65. The lowest BCUT2D eigenvalue weighted by Gasteiger charge is -2.02. The van der Waals surface area contributed by atoms with Crippen molar-refractivity contribution in [2.24, 2.45) is 0 Å². The average Bonchev–Trinajstić information content (AvgIpc) is 2.70. The average molecular weight is 241 g/mol. The van der Waals surface area contributed by atoms with Crippen molar-refractivity contribution in [1.29, 1.82) is 0 Å². The van der Waals surface area contributed by atoms with Gasteiger partial charge in [-0.1, -0.05) is 13.8 Å². The third-order valence-electron chi connectivity index (χ3n) is 2.34. The lowest BCUT2D eigenvalue weighted by atomic mass is 10.1. The van der Waals surface area contributed by atoms with Gasteiger partial charge in [0, 0.05) is 6.07 Å². The molecule has 1 aromatic carbocycles. The first-order chi connectivity index (χ1) is 8.22. The molecule has 0 amide bonds. The number of fused-ring (bicyclic) bond motifs is 1. The quantitative estimate of drug-likeness (QED) is 0.889. The molecule has 0 aliphatic rings. The van der Waals surface area contributed by atoms with Gasteiger partial charge in [-0.2, -0.15) is 0 Å². The van der Waals surface area contributed by atoms with Crippen LogP contribution in [-0.2, 0) is 6.42 Å². The summed E-state index contributed by atoms with van der Waals surface area (Å²) < 4.78 is 31.4. The molecule has 0 radical (unpaired) electrons. The molecular weight excluding hydrogens is 224 g/mol. The molecule has 1 aromatic heterocycles. The van der Waals surface area contributed by atoms with E-state index in [-0.39, 0.29) is 11.4 Å². The van der Waals surface area contributed by atoms with Crippen LogP contribution in [0.5, 0.6) is 0 Å². The SMILES string of the molecule is CC.CNCCc1cc2c(F)coc2cc1F. The van der Waals surface area contributed by atoms with E-state index in [9.17, 15) is 8.78 Å². The van der Waals surface area contributed by atoms with Crippen molar-refractivity contribution in [3.8, 4) is 0 Å². The molecule has 2 nitrogen and oxygen atoms in total. The van der Waals surface area contributed by atoms with Gasteiger partial charge in [-0.05, 0) is 31.6 Å². The maximum absolute atomic E-state index is 13.4. The van der Waals surface area contributed by atoms with Crippen molar-refractivity contribution in [2.75, 3.05) is 13.6 Å². The van der Waals surface area contributed by atoms with Crippen LogP contribution in [0, 0.1) is 11.6 Å². The fourth-order valence-corrected chi connectivity index (χ4v) is 1.51. The Morgan fingerprint density at radius 3 is 2.53 bits per heavy atom. The minimum atomic E-state index is -0.448. The van der Waals surface area contributed by atoms with Gasteiger partial charge >= 0.3 is 0 Å². The highest BCUT2D eigenvalue weighted by molar-refractivity contribution is 5.78. The maximum Gasteiger partial charge on any atom is 0.169 e. The standard InChI is InChI=1S/C11H11F2NO.C2H6/c1-14-3-2-7-4-8-10(13)6-15-11(8)5-9(7)12;1-2/h4-6,14H,2-3H2,1H3;1-2H3. The second kappa shape index (κ2) is 6.35. The third-order valence-corrected chi connectivity index (χ3v) is 2.34. The molecule has 2 aromatic rings. The van der Waals surface area contributed by atoms with Crippen molar-refractivity contribution >= 4 is 11.0 Å². The molecule has 0 saturated heterocycles. The summed E-state index contributed by atoms with van der Waals surface area (Å²) in [6, 6.07) is 2.73. The molecule has 1 N–H and O–H groups in total. The van der Waals surface area contributed by atoms with Gasteiger partial charge in [-0.3, -0.25) is 0 Å². The predicted octanol–water partition coefficient (Wildman–Crippen LogP) is 3.50. The molecule has 17 heavy (non-hydrogen) atoms. The van der Waals surface area contributed by atoms with Gasteiger partial charge < -0.3 is 9.73 Å². The number of furan rings is 1. The normalized spacial score (nSPS) is 10.2. The van der Waals surface area contributed by atoms with Gasteiger partial charge in [0.25, 0.3) is 0 Å². The lowest BCUT2D eigenvalue weighted by molar-refractivity contribution is 0.555. The summed E-state index contributed by atoms with van der Waals surface area (Å²) in [4.78, 5) is 0. The number of nitrogens with one attached hydrogen (secondary N) is 1. The van der Waals surface area contributed by atoms with Crippen molar-refractivity contribution in [1.82, 2.24) is 5.32 Å². The molecular formula is C13H17F2NO. The van der Waals surface area contributed by atoms with E-state index in [2.05, 4.69) is 5.32 Å². The van der Waals surface area contributed by atoms with Crippen molar-refractivity contribution in [2.45, 2.75) is 20.3 Å². The highest BCUT2D eigenvalue weighted by atomic mass is 19.1. The first-order valence-corrected chi connectivity index (χ1v) is 5.72. The Balaban J connectivity index is 0.000000686. The summed E-state index contributed by atoms with van der Waals surface area (Å²) >= 11 is 0. The Hall–Kier alpha value is -1.42. The van der Waals surface area contributed by atoms with E-state index in [0.29, 0.717) is 23.9 Å². The summed E-state index contributed by atoms with van der Waals surface area (Å²) in [5, 5.41) is 3.25. The molecule has 0 atom stereocenters. The Morgan fingerprint density at radius 2 is 1.88 bits per heavy atom. The molecule has 0 fully saturated rings. The van der Waals surface area contributed by atoms with Crippen molar-refractivity contribution < 1.29 is 13.2 Å². The largest absolute Gasteiger partial charge is 0.461 e. The topological polar surface area (TPSA) is 25.2 Å². The number of hydrogen-bond acceptors (Lipinski definition) is 2. The van der Waals surface area contributed by atoms with Crippen LogP contribution >= 0.6 is 0 Å². The number of halogens is 2. The Bertz CT molecular complexity index is 479. The van der Waals surface area contributed by atoms with E-state index >= 15 is 0 Å². The second-order valence-corrected chi connectivity index (χ2v) is 3.38. The molecule has 0 aliphatic carbocycles. The number of hydrogen-bond donors (Lipinski definition) is 1. The molecule has 94 valence electrons. The second-order valence-electron chi connectivity index (χ2n) is 3.38. The van der Waals surface area contributed by atoms with Gasteiger partial charge in [0.1, 0.15) is 17.7 Å². The summed E-state index contributed by atoms with van der Waals surface area (Å²) in [6.07, 6.45) is 1.52. The molecule has 0 bridgehead atoms. The van der Waals surface area contributed by atoms with Gasteiger partial charge in [0.15, 0.2) is 5.82 Å². The van der Waals surface area contributed by atoms with Gasteiger partial charge in [0.05, 0.1) is 5.39 Å². The number of benzene rings is 1. The summed E-state index contributed by atoms with van der Waals surface area (Å²) in [5.74, 6) is -0.803. The predicted molar refractivity (Wildman–Crippen MR) is 65.1 cm³/mol. The zero-order valence-corrected chi connectivity index (χ0v) is 10.3. The minimum absolute atomic E-state index is 0.248. The number of rotatable bonds is 3. The van der Waals surface area contributed by atoms with E-state index in [0.717, 1.165) is 6.26 Å². The Kier molecular flexibility index (Phi) is 5.10. The highest BCUT2D eigenvalue weighted by Gasteiger charge is 2.10. The van der Waals surface area contributed by atoms with Gasteiger partial charge in [0.2, 0.25) is 0 Å². The molecule has 2 rings (SSSR count). The zero-order chi connectivity index (χ0) is 12.8. The van der Waals surface area contributed by atoms with Crippen molar-refractivity contribution in [3.05, 3.63) is 35.6 Å². The van der Waals surface area contributed by atoms with E-state index in [1.807, 2.05) is 13.8 Å². The van der Waals surface area contributed by atoms with Gasteiger partial charge in [-0.15, -0.1) is 0 Å². The minimum Gasteiger partial charge on any atom is -0.461 e. The molecule has 0 aliphatic heterocycles. The van der Waals surface area contributed by atoms with E-state index in [1.165, 1.54) is 12.1 Å². The van der Waals surface area contributed by atoms with Crippen molar-refractivity contribution in [3.63, 3.8) is 0 Å². The molecule has 0 spiro atoms. The maximum atomic E-state index is 13.4. The fourth-order valence-electron chi connectivity index (χ4n) is 1.51. The molecule has 1 heterocycles. The monoisotopic (exact) mass is 241 g/mol. The summed E-state index contributed by atoms with van der Waals surface area (Å²) in [5.41, 5.74) is 0.746. The van der Waals surface area contributed by atoms with Crippen LogP contribution in [0.2, 0.25) is 0 Å². The van der Waals surface area contributed by atoms with Crippen LogP contribution in [-0.4, -0.2) is 13.6 Å². The zero-order valence-electron chi connectivity index (χ0n) is 10.3. The highest BCUT2D eigenvalue weighted by Crippen LogP contribution is 2.23. The van der Waals surface area contributed by atoms with Crippen LogP contribution in [0.3, 0.4) is 0 Å².